The summed E-state index contributed by atoms with van der Waals surface area (Å²) in [5.41, 5.74) is 4.16. The molecule has 39 heavy (non-hydrogen) atoms. The molecule has 0 radical (unpaired) electrons. The quantitative estimate of drug-likeness (QED) is 0.302. The Kier molecular flexibility index (Phi) is 9.78. The Balaban J connectivity index is 1.91. The molecule has 0 aliphatic carbocycles. The average molecular weight is 535 g/mol. The zero-order valence-electron chi connectivity index (χ0n) is 24.6. The number of rotatable bonds is 11. The fourth-order valence-electron chi connectivity index (χ4n) is 4.34. The SMILES string of the molecule is CCCCCN(CC(=O)Nc1cc(C(C)(C)C)nn1-c1ccc(C)cc1C)C(=O)c1cc(OC)cc(OC)c1. The number of hydrogen-bond donors (Lipinski definition) is 1. The van der Waals surface area contributed by atoms with Crippen molar-refractivity contribution in [1.82, 2.24) is 14.7 Å². The second-order valence-electron chi connectivity index (χ2n) is 10.9. The maximum Gasteiger partial charge on any atom is 0.254 e. The van der Waals surface area contributed by atoms with Crippen LogP contribution in [0.15, 0.2) is 42.5 Å². The van der Waals surface area contributed by atoms with Gasteiger partial charge in [0.25, 0.3) is 5.91 Å². The summed E-state index contributed by atoms with van der Waals surface area (Å²) in [6, 6.07) is 13.1. The highest BCUT2D eigenvalue weighted by Crippen LogP contribution is 2.28. The van der Waals surface area contributed by atoms with E-state index in [1.54, 1.807) is 42.0 Å². The summed E-state index contributed by atoms with van der Waals surface area (Å²) < 4.78 is 12.5. The maximum atomic E-state index is 13.6. The minimum Gasteiger partial charge on any atom is -0.497 e. The summed E-state index contributed by atoms with van der Waals surface area (Å²) in [4.78, 5) is 28.6. The number of carbonyl (C=O) groups is 2. The smallest absolute Gasteiger partial charge is 0.254 e. The van der Waals surface area contributed by atoms with Crippen LogP contribution >= 0.6 is 0 Å². The van der Waals surface area contributed by atoms with Gasteiger partial charge in [-0.05, 0) is 44.0 Å². The van der Waals surface area contributed by atoms with E-state index >= 15 is 0 Å². The van der Waals surface area contributed by atoms with Gasteiger partial charge < -0.3 is 19.7 Å². The first-order chi connectivity index (χ1) is 18.5. The van der Waals surface area contributed by atoms with Gasteiger partial charge in [-0.3, -0.25) is 9.59 Å². The molecular formula is C31H42N4O4. The Labute approximate surface area is 232 Å². The summed E-state index contributed by atoms with van der Waals surface area (Å²) in [6.45, 7) is 12.8. The maximum absolute atomic E-state index is 13.6. The van der Waals surface area contributed by atoms with E-state index in [9.17, 15) is 9.59 Å². The molecule has 0 bridgehead atoms. The minimum absolute atomic E-state index is 0.0923. The first kappa shape index (κ1) is 29.7. The van der Waals surface area contributed by atoms with Crippen LogP contribution in [0, 0.1) is 13.8 Å². The third-order valence-corrected chi connectivity index (χ3v) is 6.58. The average Bonchev–Trinajstić information content (AvgIpc) is 3.31. The fraction of sp³-hybridized carbons (Fsp3) is 0.452. The molecule has 2 aromatic carbocycles. The highest BCUT2D eigenvalue weighted by Gasteiger charge is 2.24. The van der Waals surface area contributed by atoms with Gasteiger partial charge in [-0.15, -0.1) is 0 Å². The van der Waals surface area contributed by atoms with Crippen molar-refractivity contribution < 1.29 is 19.1 Å². The normalized spacial score (nSPS) is 11.3. The third kappa shape index (κ3) is 7.62. The van der Waals surface area contributed by atoms with Gasteiger partial charge in [0, 0.05) is 29.7 Å². The molecule has 8 heteroatoms. The molecule has 8 nitrogen and oxygen atoms in total. The van der Waals surface area contributed by atoms with Gasteiger partial charge >= 0.3 is 0 Å². The molecule has 0 fully saturated rings. The minimum atomic E-state index is -0.291. The first-order valence-corrected chi connectivity index (χ1v) is 13.5. The molecule has 0 unspecified atom stereocenters. The molecule has 1 aromatic heterocycles. The Morgan fingerprint density at radius 3 is 2.21 bits per heavy atom. The van der Waals surface area contributed by atoms with Gasteiger partial charge in [0.15, 0.2) is 0 Å². The van der Waals surface area contributed by atoms with E-state index in [0.29, 0.717) is 29.4 Å². The Bertz CT molecular complexity index is 1280. The number of nitrogens with zero attached hydrogens (tertiary/aromatic N) is 3. The molecule has 3 aromatic rings. The number of aromatic nitrogens is 2. The molecule has 2 amide bonds. The van der Waals surface area contributed by atoms with Crippen LogP contribution in [0.1, 0.15) is 74.1 Å². The highest BCUT2D eigenvalue weighted by atomic mass is 16.5. The third-order valence-electron chi connectivity index (χ3n) is 6.58. The predicted octanol–water partition coefficient (Wildman–Crippen LogP) is 6.07. The van der Waals surface area contributed by atoms with Gasteiger partial charge in [0.2, 0.25) is 5.91 Å². The Hall–Kier alpha value is -3.81. The van der Waals surface area contributed by atoms with Crippen LogP contribution in [0.2, 0.25) is 0 Å². The number of methoxy groups -OCH3 is 2. The molecule has 1 heterocycles. The lowest BCUT2D eigenvalue weighted by molar-refractivity contribution is -0.117. The number of amides is 2. The monoisotopic (exact) mass is 534 g/mol. The summed E-state index contributed by atoms with van der Waals surface area (Å²) >= 11 is 0. The molecule has 3 rings (SSSR count). The molecule has 0 spiro atoms. The molecular weight excluding hydrogens is 492 g/mol. The van der Waals surface area contributed by atoms with Crippen molar-refractivity contribution in [3.63, 3.8) is 0 Å². The topological polar surface area (TPSA) is 85.7 Å². The van der Waals surface area contributed by atoms with Gasteiger partial charge in [0.05, 0.1) is 25.6 Å². The van der Waals surface area contributed by atoms with Crippen molar-refractivity contribution in [2.75, 3.05) is 32.6 Å². The van der Waals surface area contributed by atoms with Crippen LogP contribution in [0.3, 0.4) is 0 Å². The summed E-state index contributed by atoms with van der Waals surface area (Å²) in [6.07, 6.45) is 2.76. The highest BCUT2D eigenvalue weighted by molar-refractivity contribution is 5.99. The molecule has 1 N–H and O–H groups in total. The van der Waals surface area contributed by atoms with Crippen LogP contribution in [-0.4, -0.2) is 53.8 Å². The summed E-state index contributed by atoms with van der Waals surface area (Å²) in [7, 11) is 3.08. The Morgan fingerprint density at radius 2 is 1.64 bits per heavy atom. The number of aryl methyl sites for hydroxylation is 2. The van der Waals surface area contributed by atoms with E-state index in [4.69, 9.17) is 14.6 Å². The van der Waals surface area contributed by atoms with Crippen molar-refractivity contribution in [1.29, 1.82) is 0 Å². The fourth-order valence-corrected chi connectivity index (χ4v) is 4.34. The number of unbranched alkanes of at least 4 members (excludes halogenated alkanes) is 2. The zero-order valence-corrected chi connectivity index (χ0v) is 24.6. The van der Waals surface area contributed by atoms with Crippen molar-refractivity contribution in [2.45, 2.75) is 66.2 Å². The van der Waals surface area contributed by atoms with Gasteiger partial charge in [-0.25, -0.2) is 4.68 Å². The number of benzene rings is 2. The van der Waals surface area contributed by atoms with E-state index in [1.165, 1.54) is 0 Å². The number of carbonyl (C=O) groups excluding carboxylic acids is 2. The van der Waals surface area contributed by atoms with Crippen molar-refractivity contribution in [2.24, 2.45) is 0 Å². The van der Waals surface area contributed by atoms with Crippen LogP contribution in [-0.2, 0) is 10.2 Å². The van der Waals surface area contributed by atoms with Crippen LogP contribution in [0.5, 0.6) is 11.5 Å². The van der Waals surface area contributed by atoms with E-state index < -0.39 is 0 Å². The van der Waals surface area contributed by atoms with Crippen molar-refractivity contribution >= 4 is 17.6 Å². The number of nitrogens with one attached hydrogen (secondary N) is 1. The molecule has 0 aliphatic rings. The molecule has 0 atom stereocenters. The van der Waals surface area contributed by atoms with E-state index in [2.05, 4.69) is 39.1 Å². The van der Waals surface area contributed by atoms with Crippen molar-refractivity contribution in [3.05, 3.63) is 64.8 Å². The van der Waals surface area contributed by atoms with E-state index in [1.807, 2.05) is 32.0 Å². The lowest BCUT2D eigenvalue weighted by Crippen LogP contribution is -2.39. The first-order valence-electron chi connectivity index (χ1n) is 13.5. The van der Waals surface area contributed by atoms with Crippen LogP contribution in [0.4, 0.5) is 5.82 Å². The second kappa shape index (κ2) is 12.8. The van der Waals surface area contributed by atoms with E-state index in [-0.39, 0.29) is 23.8 Å². The van der Waals surface area contributed by atoms with Crippen LogP contribution < -0.4 is 14.8 Å². The van der Waals surface area contributed by atoms with Crippen molar-refractivity contribution in [3.8, 4) is 17.2 Å². The van der Waals surface area contributed by atoms with Gasteiger partial charge in [0.1, 0.15) is 23.9 Å². The predicted molar refractivity (Wildman–Crippen MR) is 155 cm³/mol. The molecule has 0 saturated heterocycles. The lowest BCUT2D eigenvalue weighted by atomic mass is 9.92. The number of hydrogen-bond acceptors (Lipinski definition) is 5. The molecule has 0 aliphatic heterocycles. The number of anilines is 1. The lowest BCUT2D eigenvalue weighted by Gasteiger charge is -2.23. The van der Waals surface area contributed by atoms with Gasteiger partial charge in [-0.1, -0.05) is 58.2 Å². The second-order valence-corrected chi connectivity index (χ2v) is 10.9. The van der Waals surface area contributed by atoms with Crippen LogP contribution in [0.25, 0.3) is 5.69 Å². The standard InChI is InChI=1S/C31H42N4O4/c1-9-10-11-14-34(30(37)23-16-24(38-7)18-25(17-23)39-8)20-29(36)32-28-19-27(31(4,5)6)33-35(28)26-13-12-21(2)15-22(26)3/h12-13,15-19H,9-11,14,20H2,1-8H3,(H,32,36). The number of ether oxygens (including phenoxy) is 2. The Morgan fingerprint density at radius 1 is 0.974 bits per heavy atom. The largest absolute Gasteiger partial charge is 0.497 e. The summed E-state index contributed by atoms with van der Waals surface area (Å²) in [5, 5.41) is 7.88. The van der Waals surface area contributed by atoms with E-state index in [0.717, 1.165) is 41.8 Å². The van der Waals surface area contributed by atoms with Gasteiger partial charge in [-0.2, -0.15) is 5.10 Å². The molecule has 0 saturated carbocycles. The zero-order chi connectivity index (χ0) is 28.7. The molecule has 210 valence electrons. The summed E-state index contributed by atoms with van der Waals surface area (Å²) in [5.74, 6) is 1.06.